The zero-order chi connectivity index (χ0) is 26.7. The number of alkyl halides is 4. The predicted octanol–water partition coefficient (Wildman–Crippen LogP) is 7.13. The van der Waals surface area contributed by atoms with E-state index in [1.54, 1.807) is 20.8 Å². The van der Waals surface area contributed by atoms with Crippen molar-refractivity contribution in [2.24, 2.45) is 5.16 Å². The normalized spacial score (nSPS) is 21.5. The van der Waals surface area contributed by atoms with Gasteiger partial charge in [-0.25, -0.2) is 13.6 Å². The summed E-state index contributed by atoms with van der Waals surface area (Å²) in [7, 11) is 0. The number of ether oxygens (including phenoxy) is 1. The molecule has 1 fully saturated rings. The average Bonchev–Trinajstić information content (AvgIpc) is 3.21. The maximum absolute atomic E-state index is 15.3. The Balaban J connectivity index is 1.52. The van der Waals surface area contributed by atoms with Crippen molar-refractivity contribution in [1.82, 2.24) is 4.90 Å². The molecule has 0 saturated carbocycles. The number of nitrogens with zero attached hydrogens (tertiary/aromatic N) is 2. The van der Waals surface area contributed by atoms with Gasteiger partial charge in [-0.15, -0.1) is 0 Å². The van der Waals surface area contributed by atoms with Gasteiger partial charge in [-0.1, -0.05) is 52.6 Å². The monoisotopic (exact) mass is 550 g/mol. The molecule has 5 nitrogen and oxygen atoms in total. The van der Waals surface area contributed by atoms with Crippen molar-refractivity contribution in [2.45, 2.75) is 50.2 Å². The van der Waals surface area contributed by atoms with E-state index in [1.165, 1.54) is 29.2 Å². The summed E-state index contributed by atoms with van der Waals surface area (Å²) >= 11 is 11.4. The molecule has 36 heavy (non-hydrogen) atoms. The van der Waals surface area contributed by atoms with Crippen LogP contribution in [0.3, 0.4) is 0 Å². The summed E-state index contributed by atoms with van der Waals surface area (Å²) in [6, 6.07) is 7.29. The van der Waals surface area contributed by atoms with Crippen molar-refractivity contribution in [1.29, 1.82) is 0 Å². The summed E-state index contributed by atoms with van der Waals surface area (Å²) in [5, 5.41) is 2.46. The number of hydrogen-bond donors (Lipinski definition) is 0. The summed E-state index contributed by atoms with van der Waals surface area (Å²) in [6.45, 7) is 4.68. The Bertz CT molecular complexity index is 1200. The van der Waals surface area contributed by atoms with Crippen LogP contribution in [-0.4, -0.2) is 41.6 Å². The van der Waals surface area contributed by atoms with Gasteiger partial charge in [0.15, 0.2) is 11.5 Å². The van der Waals surface area contributed by atoms with E-state index in [9.17, 15) is 22.4 Å². The molecule has 12 heteroatoms. The highest BCUT2D eigenvalue weighted by atomic mass is 35.5. The largest absolute Gasteiger partial charge is 0.444 e. The van der Waals surface area contributed by atoms with Gasteiger partial charge in [0.05, 0.1) is 28.8 Å². The van der Waals surface area contributed by atoms with Gasteiger partial charge < -0.3 is 14.5 Å². The standard InChI is InChI=1S/C24H21Cl2F5N2O3/c1-21(2,3)35-20(34)33-11-22(28,12-33)14-6-4-13(5-7-14)18-10-23(36-32-18,24(29,30)31)15-8-16(25)19(27)17(26)9-15/h4-9H,10-12H2,1-3H3/t23-/m1/s1. The van der Waals surface area contributed by atoms with Crippen molar-refractivity contribution in [3.05, 3.63) is 69.0 Å². The molecule has 0 spiro atoms. The zero-order valence-corrected chi connectivity index (χ0v) is 20.9. The molecule has 2 aromatic carbocycles. The van der Waals surface area contributed by atoms with Crippen molar-refractivity contribution >= 4 is 35.0 Å². The van der Waals surface area contributed by atoms with Gasteiger partial charge in [0.1, 0.15) is 5.60 Å². The number of amides is 1. The molecule has 4 rings (SSSR count). The van der Waals surface area contributed by atoms with Gasteiger partial charge >= 0.3 is 12.3 Å². The second-order valence-corrected chi connectivity index (χ2v) is 10.6. The van der Waals surface area contributed by atoms with E-state index in [0.717, 1.165) is 12.1 Å². The number of rotatable bonds is 3. The molecule has 0 radical (unpaired) electrons. The Kier molecular flexibility index (Phi) is 6.44. The first-order chi connectivity index (χ1) is 16.5. The highest BCUT2D eigenvalue weighted by Crippen LogP contribution is 2.50. The number of likely N-dealkylation sites (tertiary alicyclic amines) is 1. The van der Waals surface area contributed by atoms with Crippen molar-refractivity contribution in [3.8, 4) is 0 Å². The van der Waals surface area contributed by atoms with Gasteiger partial charge in [0.25, 0.3) is 5.60 Å². The first-order valence-corrected chi connectivity index (χ1v) is 11.5. The van der Waals surface area contributed by atoms with Crippen molar-refractivity contribution in [3.63, 3.8) is 0 Å². The highest BCUT2D eigenvalue weighted by Gasteiger charge is 2.62. The van der Waals surface area contributed by atoms with Gasteiger partial charge in [-0.05, 0) is 44.0 Å². The zero-order valence-electron chi connectivity index (χ0n) is 19.4. The average molecular weight is 551 g/mol. The van der Waals surface area contributed by atoms with E-state index in [1.807, 2.05) is 0 Å². The second kappa shape index (κ2) is 8.76. The van der Waals surface area contributed by atoms with E-state index < -0.39 is 57.0 Å². The summed E-state index contributed by atoms with van der Waals surface area (Å²) < 4.78 is 76.8. The molecule has 1 atom stereocenters. The van der Waals surface area contributed by atoms with Crippen LogP contribution in [-0.2, 0) is 20.8 Å². The van der Waals surface area contributed by atoms with Crippen LogP contribution in [0.15, 0.2) is 41.6 Å². The van der Waals surface area contributed by atoms with E-state index in [-0.39, 0.29) is 29.9 Å². The summed E-state index contributed by atoms with van der Waals surface area (Å²) in [6.07, 6.45) is -6.31. The number of carbonyl (C=O) groups is 1. The summed E-state index contributed by atoms with van der Waals surface area (Å²) in [4.78, 5) is 18.2. The molecule has 0 aromatic heterocycles. The molecule has 0 bridgehead atoms. The molecule has 2 aliphatic rings. The molecular formula is C24H21Cl2F5N2O3. The lowest BCUT2D eigenvalue weighted by atomic mass is 9.85. The Morgan fingerprint density at radius 3 is 2.11 bits per heavy atom. The minimum atomic E-state index is -4.94. The number of oxime groups is 1. The lowest BCUT2D eigenvalue weighted by Gasteiger charge is -2.44. The predicted molar refractivity (Wildman–Crippen MR) is 123 cm³/mol. The maximum atomic E-state index is 15.3. The molecule has 2 aliphatic heterocycles. The molecular weight excluding hydrogens is 530 g/mol. The SMILES string of the molecule is CC(C)(C)OC(=O)N1CC(F)(c2ccc(C3=NO[C@](c4cc(Cl)c(F)c(Cl)c4)(C(F)(F)F)C3)cc2)C1. The fraction of sp³-hybridized carbons (Fsp3) is 0.417. The minimum absolute atomic E-state index is 0.0488. The fourth-order valence-electron chi connectivity index (χ4n) is 4.01. The lowest BCUT2D eigenvalue weighted by Crippen LogP contribution is -2.59. The first kappa shape index (κ1) is 26.5. The van der Waals surface area contributed by atoms with Crippen LogP contribution in [0.1, 0.15) is 43.9 Å². The van der Waals surface area contributed by atoms with E-state index in [2.05, 4.69) is 5.16 Å². The van der Waals surface area contributed by atoms with Crippen LogP contribution in [0, 0.1) is 5.82 Å². The van der Waals surface area contributed by atoms with E-state index >= 15 is 4.39 Å². The molecule has 1 amide bonds. The number of benzene rings is 2. The van der Waals surface area contributed by atoms with Crippen LogP contribution in [0.2, 0.25) is 10.0 Å². The molecule has 0 unspecified atom stereocenters. The van der Waals surface area contributed by atoms with Gasteiger partial charge in [0.2, 0.25) is 0 Å². The third-order valence-corrected chi connectivity index (χ3v) is 6.46. The third kappa shape index (κ3) is 4.72. The number of halogens is 7. The van der Waals surface area contributed by atoms with Gasteiger partial charge in [0, 0.05) is 12.0 Å². The van der Waals surface area contributed by atoms with Gasteiger partial charge in [-0.3, -0.25) is 0 Å². The number of carbonyl (C=O) groups excluding carboxylic acids is 1. The topological polar surface area (TPSA) is 51.1 Å². The van der Waals surface area contributed by atoms with Gasteiger partial charge in [-0.2, -0.15) is 13.2 Å². The number of hydrogen-bond acceptors (Lipinski definition) is 4. The Labute approximate surface area is 213 Å². The van der Waals surface area contributed by atoms with Crippen LogP contribution < -0.4 is 0 Å². The smallest absolute Gasteiger partial charge is 0.435 e. The first-order valence-electron chi connectivity index (χ1n) is 10.8. The molecule has 2 heterocycles. The van der Waals surface area contributed by atoms with Crippen LogP contribution in [0.5, 0.6) is 0 Å². The van der Waals surface area contributed by atoms with Crippen molar-refractivity contribution < 1.29 is 36.3 Å². The van der Waals surface area contributed by atoms with E-state index in [4.69, 9.17) is 32.8 Å². The summed E-state index contributed by atoms with van der Waals surface area (Å²) in [5.74, 6) is -1.05. The fourth-order valence-corrected chi connectivity index (χ4v) is 4.49. The summed E-state index contributed by atoms with van der Waals surface area (Å²) in [5.41, 5.74) is -5.48. The molecule has 1 saturated heterocycles. The Morgan fingerprint density at radius 1 is 1.06 bits per heavy atom. The quantitative estimate of drug-likeness (QED) is 0.301. The van der Waals surface area contributed by atoms with Crippen LogP contribution >= 0.6 is 23.2 Å². The molecule has 2 aromatic rings. The van der Waals surface area contributed by atoms with E-state index in [0.29, 0.717) is 0 Å². The minimum Gasteiger partial charge on any atom is -0.444 e. The Morgan fingerprint density at radius 2 is 1.61 bits per heavy atom. The highest BCUT2D eigenvalue weighted by molar-refractivity contribution is 6.35. The van der Waals surface area contributed by atoms with Crippen molar-refractivity contribution in [2.75, 3.05) is 13.1 Å². The lowest BCUT2D eigenvalue weighted by molar-refractivity contribution is -0.275. The maximum Gasteiger partial charge on any atom is 0.435 e. The Hall–Kier alpha value is -2.59. The molecule has 0 N–H and O–H groups in total. The third-order valence-electron chi connectivity index (χ3n) is 5.91. The van der Waals surface area contributed by atoms with Crippen LogP contribution in [0.25, 0.3) is 0 Å². The molecule has 194 valence electrons. The molecule has 0 aliphatic carbocycles. The second-order valence-electron chi connectivity index (χ2n) is 9.76. The van der Waals surface area contributed by atoms with Crippen LogP contribution in [0.4, 0.5) is 26.7 Å².